The molecule has 6 heteroatoms. The second kappa shape index (κ2) is 5.60. The molecule has 2 aromatic heterocycles. The molecule has 0 aliphatic rings. The van der Waals surface area contributed by atoms with E-state index in [9.17, 15) is 0 Å². The Hall–Kier alpha value is -1.24. The molecule has 2 heterocycles. The van der Waals surface area contributed by atoms with Crippen molar-refractivity contribution >= 4 is 11.3 Å². The van der Waals surface area contributed by atoms with Crippen molar-refractivity contribution < 1.29 is 0 Å². The van der Waals surface area contributed by atoms with Crippen LogP contribution in [-0.4, -0.2) is 14.8 Å². The van der Waals surface area contributed by atoms with Crippen molar-refractivity contribution in [2.75, 3.05) is 0 Å². The van der Waals surface area contributed by atoms with Gasteiger partial charge in [-0.2, -0.15) is 5.10 Å². The Morgan fingerprint density at radius 3 is 2.78 bits per heavy atom. The average Bonchev–Trinajstić information content (AvgIpc) is 2.92. The first-order valence-electron chi connectivity index (χ1n) is 6.05. The van der Waals surface area contributed by atoms with Crippen LogP contribution in [0.25, 0.3) is 0 Å². The molecular formula is C12H19N5S. The van der Waals surface area contributed by atoms with E-state index in [-0.39, 0.29) is 6.04 Å². The van der Waals surface area contributed by atoms with Crippen molar-refractivity contribution in [1.29, 1.82) is 0 Å². The van der Waals surface area contributed by atoms with E-state index in [0.717, 1.165) is 23.7 Å². The summed E-state index contributed by atoms with van der Waals surface area (Å²) < 4.78 is 1.92. The topological polar surface area (TPSA) is 68.8 Å². The lowest BCUT2D eigenvalue weighted by Crippen LogP contribution is -2.29. The molecule has 5 nitrogen and oxygen atoms in total. The normalized spacial score (nSPS) is 12.9. The predicted octanol–water partition coefficient (Wildman–Crippen LogP) is 1.72. The molecule has 0 saturated carbocycles. The smallest absolute Gasteiger partial charge is 0.0900 e. The number of aromatic nitrogens is 3. The Balaban J connectivity index is 2.16. The van der Waals surface area contributed by atoms with Crippen molar-refractivity contribution in [3.63, 3.8) is 0 Å². The zero-order valence-electron chi connectivity index (χ0n) is 11.0. The van der Waals surface area contributed by atoms with Crippen LogP contribution >= 0.6 is 11.3 Å². The number of nitrogens with zero attached hydrogens (tertiary/aromatic N) is 3. The fourth-order valence-corrected chi connectivity index (χ4v) is 3.01. The monoisotopic (exact) mass is 265 g/mol. The number of hydrogen-bond donors (Lipinski definition) is 2. The van der Waals surface area contributed by atoms with Gasteiger partial charge in [-0.05, 0) is 32.8 Å². The van der Waals surface area contributed by atoms with Crippen molar-refractivity contribution in [3.8, 4) is 0 Å². The van der Waals surface area contributed by atoms with Crippen LogP contribution in [0.5, 0.6) is 0 Å². The minimum Gasteiger partial charge on any atom is -0.273 e. The quantitative estimate of drug-likeness (QED) is 0.638. The first-order valence-corrected chi connectivity index (χ1v) is 6.87. The van der Waals surface area contributed by atoms with Gasteiger partial charge in [0.05, 0.1) is 22.9 Å². The van der Waals surface area contributed by atoms with Gasteiger partial charge in [0.1, 0.15) is 0 Å². The van der Waals surface area contributed by atoms with Crippen LogP contribution in [0.1, 0.15) is 34.1 Å². The van der Waals surface area contributed by atoms with E-state index in [0.29, 0.717) is 0 Å². The molecule has 3 N–H and O–H groups in total. The molecule has 0 saturated heterocycles. The Bertz CT molecular complexity index is 516. The minimum absolute atomic E-state index is 0.103. The molecule has 0 radical (unpaired) electrons. The van der Waals surface area contributed by atoms with Gasteiger partial charge in [0, 0.05) is 17.6 Å². The highest BCUT2D eigenvalue weighted by Gasteiger charge is 2.17. The zero-order valence-corrected chi connectivity index (χ0v) is 11.8. The Kier molecular flexibility index (Phi) is 4.11. The lowest BCUT2D eigenvalue weighted by molar-refractivity contribution is 0.556. The third kappa shape index (κ3) is 2.77. The van der Waals surface area contributed by atoms with E-state index >= 15 is 0 Å². The van der Waals surface area contributed by atoms with Crippen molar-refractivity contribution in [3.05, 3.63) is 33.5 Å². The van der Waals surface area contributed by atoms with Crippen molar-refractivity contribution in [1.82, 2.24) is 20.2 Å². The van der Waals surface area contributed by atoms with Gasteiger partial charge < -0.3 is 0 Å². The molecule has 0 aliphatic heterocycles. The zero-order chi connectivity index (χ0) is 13.1. The number of thiazole rings is 1. The lowest BCUT2D eigenvalue weighted by atomic mass is 10.1. The van der Waals surface area contributed by atoms with Gasteiger partial charge in [-0.3, -0.25) is 16.0 Å². The number of rotatable bonds is 5. The number of hydrazine groups is 1. The van der Waals surface area contributed by atoms with Gasteiger partial charge in [0.2, 0.25) is 0 Å². The molecule has 0 fully saturated rings. The van der Waals surface area contributed by atoms with Gasteiger partial charge in [-0.25, -0.2) is 4.98 Å². The maximum atomic E-state index is 5.67. The van der Waals surface area contributed by atoms with Crippen LogP contribution in [0.2, 0.25) is 0 Å². The summed E-state index contributed by atoms with van der Waals surface area (Å²) in [4.78, 5) is 5.65. The summed E-state index contributed by atoms with van der Waals surface area (Å²) in [7, 11) is 0. The standard InChI is InChI=1S/C12H19N5S/c1-4-17-7-10(6-14-17)5-11(16-13)12-8(2)15-9(3)18-12/h6-7,11,16H,4-5,13H2,1-3H3. The van der Waals surface area contributed by atoms with Crippen LogP contribution in [0.4, 0.5) is 0 Å². The molecule has 2 rings (SSSR count). The van der Waals surface area contributed by atoms with Crippen LogP contribution in [0.15, 0.2) is 12.4 Å². The molecule has 2 aromatic rings. The predicted molar refractivity (Wildman–Crippen MR) is 73.3 cm³/mol. The number of hydrogen-bond acceptors (Lipinski definition) is 5. The van der Waals surface area contributed by atoms with Gasteiger partial charge in [-0.15, -0.1) is 11.3 Å². The first kappa shape index (κ1) is 13.2. The van der Waals surface area contributed by atoms with Crippen molar-refractivity contribution in [2.24, 2.45) is 5.84 Å². The molecule has 0 aromatic carbocycles. The van der Waals surface area contributed by atoms with Gasteiger partial charge in [0.15, 0.2) is 0 Å². The SMILES string of the molecule is CCn1cc(CC(NN)c2sc(C)nc2C)cn1. The molecule has 98 valence electrons. The van der Waals surface area contributed by atoms with E-state index in [1.54, 1.807) is 11.3 Å². The fourth-order valence-electron chi connectivity index (χ4n) is 2.02. The minimum atomic E-state index is 0.103. The summed E-state index contributed by atoms with van der Waals surface area (Å²) in [6, 6.07) is 0.103. The van der Waals surface area contributed by atoms with Crippen LogP contribution in [0, 0.1) is 13.8 Å². The highest BCUT2D eigenvalue weighted by atomic mass is 32.1. The Labute approximate surface area is 111 Å². The molecule has 1 unspecified atom stereocenters. The molecule has 0 amide bonds. The lowest BCUT2D eigenvalue weighted by Gasteiger charge is -2.13. The van der Waals surface area contributed by atoms with E-state index in [1.807, 2.05) is 24.7 Å². The van der Waals surface area contributed by atoms with E-state index < -0.39 is 0 Å². The summed E-state index contributed by atoms with van der Waals surface area (Å²) in [6.45, 7) is 7.01. The summed E-state index contributed by atoms with van der Waals surface area (Å²) >= 11 is 1.70. The highest BCUT2D eigenvalue weighted by molar-refractivity contribution is 7.11. The van der Waals surface area contributed by atoms with E-state index in [4.69, 9.17) is 5.84 Å². The third-order valence-electron chi connectivity index (χ3n) is 2.91. The molecular weight excluding hydrogens is 246 g/mol. The Morgan fingerprint density at radius 2 is 2.28 bits per heavy atom. The fraction of sp³-hybridized carbons (Fsp3) is 0.500. The number of aryl methyl sites for hydroxylation is 3. The molecule has 18 heavy (non-hydrogen) atoms. The second-order valence-corrected chi connectivity index (χ2v) is 5.54. The molecule has 0 bridgehead atoms. The molecule has 1 atom stereocenters. The second-order valence-electron chi connectivity index (χ2n) is 4.31. The van der Waals surface area contributed by atoms with Crippen molar-refractivity contribution in [2.45, 2.75) is 39.8 Å². The maximum absolute atomic E-state index is 5.67. The summed E-state index contributed by atoms with van der Waals surface area (Å²) in [6.07, 6.45) is 4.80. The molecule has 0 spiro atoms. The average molecular weight is 265 g/mol. The van der Waals surface area contributed by atoms with E-state index in [2.05, 4.69) is 28.6 Å². The third-order valence-corrected chi connectivity index (χ3v) is 4.09. The summed E-state index contributed by atoms with van der Waals surface area (Å²) in [5, 5.41) is 5.36. The highest BCUT2D eigenvalue weighted by Crippen LogP contribution is 2.26. The van der Waals surface area contributed by atoms with Crippen LogP contribution < -0.4 is 11.3 Å². The first-order chi connectivity index (χ1) is 8.63. The summed E-state index contributed by atoms with van der Waals surface area (Å²) in [5.74, 6) is 5.67. The maximum Gasteiger partial charge on any atom is 0.0900 e. The largest absolute Gasteiger partial charge is 0.273 e. The van der Waals surface area contributed by atoms with Gasteiger partial charge in [0.25, 0.3) is 0 Å². The van der Waals surface area contributed by atoms with Crippen LogP contribution in [0.3, 0.4) is 0 Å². The van der Waals surface area contributed by atoms with Gasteiger partial charge >= 0.3 is 0 Å². The summed E-state index contributed by atoms with van der Waals surface area (Å²) in [5.41, 5.74) is 5.13. The Morgan fingerprint density at radius 1 is 1.50 bits per heavy atom. The van der Waals surface area contributed by atoms with Gasteiger partial charge in [-0.1, -0.05) is 0 Å². The number of nitrogens with two attached hydrogens (primary N) is 1. The van der Waals surface area contributed by atoms with Crippen LogP contribution in [-0.2, 0) is 13.0 Å². The van der Waals surface area contributed by atoms with E-state index in [1.165, 1.54) is 10.4 Å². The number of nitrogens with one attached hydrogen (secondary N) is 1. The molecule has 0 aliphatic carbocycles.